The first-order valence-corrected chi connectivity index (χ1v) is 10.1. The summed E-state index contributed by atoms with van der Waals surface area (Å²) in [6.45, 7) is 7.35. The van der Waals surface area contributed by atoms with Crippen molar-refractivity contribution in [2.24, 2.45) is 0 Å². The van der Waals surface area contributed by atoms with Crippen molar-refractivity contribution in [2.75, 3.05) is 32.7 Å². The lowest BCUT2D eigenvalue weighted by Crippen LogP contribution is -2.48. The van der Waals surface area contributed by atoms with E-state index in [1.54, 1.807) is 12.3 Å². The van der Waals surface area contributed by atoms with Crippen molar-refractivity contribution in [1.82, 2.24) is 24.7 Å². The monoisotopic (exact) mass is 385 g/mol. The van der Waals surface area contributed by atoms with Crippen molar-refractivity contribution in [3.63, 3.8) is 0 Å². The number of aromatic nitrogens is 2. The number of carbonyl (C=O) groups is 2. The predicted octanol–water partition coefficient (Wildman–Crippen LogP) is 1.52. The summed E-state index contributed by atoms with van der Waals surface area (Å²) in [4.78, 5) is 34.6. The van der Waals surface area contributed by atoms with Crippen molar-refractivity contribution in [1.29, 1.82) is 0 Å². The van der Waals surface area contributed by atoms with Crippen LogP contribution in [-0.2, 0) is 19.5 Å². The molecule has 2 aromatic heterocycles. The van der Waals surface area contributed by atoms with Gasteiger partial charge in [-0.15, -0.1) is 0 Å². The lowest BCUT2D eigenvalue weighted by molar-refractivity contribution is 0.0636. The summed E-state index contributed by atoms with van der Waals surface area (Å²) in [7, 11) is 0. The maximum absolute atomic E-state index is 13.1. The smallest absolute Gasteiger partial charge is 0.287 e. The fourth-order valence-electron chi connectivity index (χ4n) is 3.96. The minimum atomic E-state index is -0.269. The van der Waals surface area contributed by atoms with E-state index in [2.05, 4.69) is 22.1 Å². The lowest BCUT2D eigenvalue weighted by atomic mass is 10.1. The maximum Gasteiger partial charge on any atom is 0.287 e. The van der Waals surface area contributed by atoms with Crippen LogP contribution in [0.3, 0.4) is 0 Å². The Morgan fingerprint density at radius 3 is 2.71 bits per heavy atom. The van der Waals surface area contributed by atoms with Gasteiger partial charge in [-0.05, 0) is 37.9 Å². The molecule has 0 aliphatic carbocycles. The molecule has 28 heavy (non-hydrogen) atoms. The molecule has 2 aliphatic rings. The molecular weight excluding hydrogens is 358 g/mol. The Bertz CT molecular complexity index is 834. The van der Waals surface area contributed by atoms with Crippen molar-refractivity contribution in [3.05, 3.63) is 41.4 Å². The highest BCUT2D eigenvalue weighted by Crippen LogP contribution is 2.23. The number of hydrogen-bond donors (Lipinski definition) is 1. The van der Waals surface area contributed by atoms with Gasteiger partial charge >= 0.3 is 0 Å². The maximum atomic E-state index is 13.1. The Labute approximate surface area is 164 Å². The van der Waals surface area contributed by atoms with Crippen molar-refractivity contribution < 1.29 is 14.0 Å². The highest BCUT2D eigenvalue weighted by molar-refractivity contribution is 5.97. The molecule has 0 saturated carbocycles. The fourth-order valence-corrected chi connectivity index (χ4v) is 3.96. The van der Waals surface area contributed by atoms with E-state index in [9.17, 15) is 9.59 Å². The summed E-state index contributed by atoms with van der Waals surface area (Å²) >= 11 is 0. The van der Waals surface area contributed by atoms with Crippen LogP contribution in [0.1, 0.15) is 52.3 Å². The highest BCUT2D eigenvalue weighted by Gasteiger charge is 2.31. The van der Waals surface area contributed by atoms with Gasteiger partial charge in [-0.1, -0.05) is 6.92 Å². The van der Waals surface area contributed by atoms with E-state index in [4.69, 9.17) is 4.42 Å². The van der Waals surface area contributed by atoms with Crippen LogP contribution in [0.2, 0.25) is 0 Å². The van der Waals surface area contributed by atoms with Gasteiger partial charge in [-0.2, -0.15) is 0 Å². The Balaban J connectivity index is 1.53. The van der Waals surface area contributed by atoms with Crippen LogP contribution in [0.5, 0.6) is 0 Å². The number of carbonyl (C=O) groups excluding carboxylic acids is 2. The number of fused-ring (bicyclic) bond motifs is 1. The molecule has 8 nitrogen and oxygen atoms in total. The average molecular weight is 385 g/mol. The van der Waals surface area contributed by atoms with Gasteiger partial charge in [0.15, 0.2) is 5.82 Å². The number of hydrogen-bond acceptors (Lipinski definition) is 5. The molecule has 150 valence electrons. The SMILES string of the molecule is CCN1CCN(C(=O)c2nc(C(=O)NCc3ccco3)n3c2CCCC3)CC1. The van der Waals surface area contributed by atoms with Gasteiger partial charge in [0.2, 0.25) is 0 Å². The first-order chi connectivity index (χ1) is 13.7. The van der Waals surface area contributed by atoms with Crippen molar-refractivity contribution in [2.45, 2.75) is 39.3 Å². The summed E-state index contributed by atoms with van der Waals surface area (Å²) in [5.41, 5.74) is 1.35. The lowest BCUT2D eigenvalue weighted by Gasteiger charge is -2.33. The second kappa shape index (κ2) is 8.18. The van der Waals surface area contributed by atoms with E-state index in [0.29, 0.717) is 36.9 Å². The molecule has 2 amide bonds. The second-order valence-corrected chi connectivity index (χ2v) is 7.33. The van der Waals surface area contributed by atoms with Gasteiger partial charge in [0.25, 0.3) is 11.8 Å². The van der Waals surface area contributed by atoms with E-state index in [-0.39, 0.29) is 11.8 Å². The molecule has 0 bridgehead atoms. The molecule has 4 heterocycles. The number of imidazole rings is 1. The standard InChI is InChI=1S/C20H27N5O3/c1-2-23-9-11-24(12-10-23)20(27)17-16-7-3-4-8-25(16)18(22-17)19(26)21-14-15-6-5-13-28-15/h5-6,13H,2-4,7-12,14H2,1H3,(H,21,26). The minimum Gasteiger partial charge on any atom is -0.467 e. The van der Waals surface area contributed by atoms with E-state index in [1.807, 2.05) is 15.5 Å². The molecule has 1 saturated heterocycles. The zero-order valence-electron chi connectivity index (χ0n) is 16.3. The molecule has 0 spiro atoms. The third-order valence-corrected chi connectivity index (χ3v) is 5.63. The quantitative estimate of drug-likeness (QED) is 0.844. The van der Waals surface area contributed by atoms with Crippen LogP contribution in [0.25, 0.3) is 0 Å². The molecule has 0 radical (unpaired) electrons. The molecule has 1 N–H and O–H groups in total. The van der Waals surface area contributed by atoms with Crippen LogP contribution in [0.15, 0.2) is 22.8 Å². The van der Waals surface area contributed by atoms with E-state index in [0.717, 1.165) is 51.1 Å². The summed E-state index contributed by atoms with van der Waals surface area (Å²) in [5, 5.41) is 2.85. The van der Waals surface area contributed by atoms with Gasteiger partial charge in [0.05, 0.1) is 18.5 Å². The first kappa shape index (κ1) is 18.7. The summed E-state index contributed by atoms with van der Waals surface area (Å²) < 4.78 is 7.19. The zero-order valence-corrected chi connectivity index (χ0v) is 16.3. The Morgan fingerprint density at radius 2 is 2.00 bits per heavy atom. The van der Waals surface area contributed by atoms with Gasteiger partial charge in [0.1, 0.15) is 11.5 Å². The Morgan fingerprint density at radius 1 is 1.18 bits per heavy atom. The van der Waals surface area contributed by atoms with Gasteiger partial charge in [-0.3, -0.25) is 9.59 Å². The third kappa shape index (κ3) is 3.69. The molecule has 0 aromatic carbocycles. The van der Waals surface area contributed by atoms with Gasteiger partial charge < -0.3 is 24.1 Å². The predicted molar refractivity (Wildman–Crippen MR) is 103 cm³/mol. The van der Waals surface area contributed by atoms with Crippen molar-refractivity contribution in [3.8, 4) is 0 Å². The van der Waals surface area contributed by atoms with Crippen molar-refractivity contribution >= 4 is 11.8 Å². The Kier molecular flexibility index (Phi) is 5.47. The van der Waals surface area contributed by atoms with Crippen LogP contribution in [0, 0.1) is 0 Å². The number of furan rings is 1. The van der Waals surface area contributed by atoms with Gasteiger partial charge in [0, 0.05) is 32.7 Å². The Hall–Kier alpha value is -2.61. The highest BCUT2D eigenvalue weighted by atomic mass is 16.3. The van der Waals surface area contributed by atoms with Crippen LogP contribution >= 0.6 is 0 Å². The largest absolute Gasteiger partial charge is 0.467 e. The van der Waals surface area contributed by atoms with Crippen LogP contribution in [-0.4, -0.2) is 63.9 Å². The topological polar surface area (TPSA) is 83.6 Å². The van der Waals surface area contributed by atoms with Crippen LogP contribution < -0.4 is 5.32 Å². The molecule has 0 atom stereocenters. The molecular formula is C20H27N5O3. The van der Waals surface area contributed by atoms with E-state index < -0.39 is 0 Å². The number of rotatable bonds is 5. The molecule has 1 fully saturated rings. The number of amides is 2. The number of piperazine rings is 1. The fraction of sp³-hybridized carbons (Fsp3) is 0.550. The molecule has 2 aromatic rings. The number of likely N-dealkylation sites (N-methyl/N-ethyl adjacent to an activating group) is 1. The van der Waals surface area contributed by atoms with Crippen LogP contribution in [0.4, 0.5) is 0 Å². The average Bonchev–Trinajstić information content (AvgIpc) is 3.39. The molecule has 4 rings (SSSR count). The zero-order chi connectivity index (χ0) is 19.5. The molecule has 2 aliphatic heterocycles. The number of nitrogens with zero attached hydrogens (tertiary/aromatic N) is 4. The number of nitrogens with one attached hydrogen (secondary N) is 1. The molecule has 8 heteroatoms. The summed E-state index contributed by atoms with van der Waals surface area (Å²) in [6.07, 6.45) is 4.37. The van der Waals surface area contributed by atoms with Gasteiger partial charge in [-0.25, -0.2) is 4.98 Å². The molecule has 0 unspecified atom stereocenters. The summed E-state index contributed by atoms with van der Waals surface area (Å²) in [5.74, 6) is 0.696. The van der Waals surface area contributed by atoms with E-state index >= 15 is 0 Å². The normalized spacial score (nSPS) is 17.4. The first-order valence-electron chi connectivity index (χ1n) is 10.1. The third-order valence-electron chi connectivity index (χ3n) is 5.63. The minimum absolute atomic E-state index is 0.0495. The van der Waals surface area contributed by atoms with E-state index in [1.165, 1.54) is 0 Å². The summed E-state index contributed by atoms with van der Waals surface area (Å²) in [6, 6.07) is 3.60. The second-order valence-electron chi connectivity index (χ2n) is 7.33.